The number of benzene rings is 1. The third kappa shape index (κ3) is 4.26. The van der Waals surface area contributed by atoms with Crippen LogP contribution in [0.5, 0.6) is 0 Å². The van der Waals surface area contributed by atoms with E-state index in [-0.39, 0.29) is 0 Å². The Labute approximate surface area is 176 Å². The summed E-state index contributed by atoms with van der Waals surface area (Å²) in [7, 11) is 2.18. The van der Waals surface area contributed by atoms with Crippen molar-refractivity contribution in [2.24, 2.45) is 0 Å². The third-order valence-electron chi connectivity index (χ3n) is 5.64. The Morgan fingerprint density at radius 1 is 1.17 bits per heavy atom. The first-order chi connectivity index (χ1) is 14.0. The second kappa shape index (κ2) is 8.47. The molecule has 29 heavy (non-hydrogen) atoms. The first-order valence-electron chi connectivity index (χ1n) is 10.0. The molecule has 3 heterocycles. The molecule has 0 bridgehead atoms. The number of rotatable bonds is 4. The van der Waals surface area contributed by atoms with Crippen molar-refractivity contribution in [2.75, 3.05) is 25.5 Å². The summed E-state index contributed by atoms with van der Waals surface area (Å²) >= 11 is 6.05. The minimum absolute atomic E-state index is 0.442. The van der Waals surface area contributed by atoms with Gasteiger partial charge >= 0.3 is 0 Å². The summed E-state index contributed by atoms with van der Waals surface area (Å²) in [6.07, 6.45) is 6.00. The Hall–Kier alpha value is -2.50. The molecule has 150 valence electrons. The van der Waals surface area contributed by atoms with E-state index in [1.807, 2.05) is 26.0 Å². The average molecular weight is 408 g/mol. The minimum atomic E-state index is 0.442. The summed E-state index contributed by atoms with van der Waals surface area (Å²) in [5.74, 6) is 0.910. The van der Waals surface area contributed by atoms with Gasteiger partial charge in [-0.15, -0.1) is 0 Å². The van der Waals surface area contributed by atoms with Crippen molar-refractivity contribution in [1.82, 2.24) is 19.9 Å². The largest absolute Gasteiger partial charge is 0.367 e. The van der Waals surface area contributed by atoms with Gasteiger partial charge in [-0.2, -0.15) is 0 Å². The van der Waals surface area contributed by atoms with Crippen LogP contribution < -0.4 is 5.32 Å². The standard InChI is InChI=1S/C23H26ClN5/c1-4-18(19-6-8-22(24)27-15(19)2)16-5-7-21-20(13-16)23(26-14-25-21)28-17-9-11-29(3)12-10-17/h4-8,13-14,17H,9-12H2,1-3H3,(H,25,26,28)/b18-4-. The van der Waals surface area contributed by atoms with Crippen molar-refractivity contribution in [1.29, 1.82) is 0 Å². The van der Waals surface area contributed by atoms with Gasteiger partial charge in [0.05, 0.1) is 5.52 Å². The van der Waals surface area contributed by atoms with Gasteiger partial charge in [-0.05, 0) is 82.2 Å². The van der Waals surface area contributed by atoms with E-state index in [0.717, 1.165) is 65.0 Å². The highest BCUT2D eigenvalue weighted by atomic mass is 35.5. The molecule has 1 aromatic carbocycles. The van der Waals surface area contributed by atoms with Crippen LogP contribution in [0.1, 0.15) is 36.6 Å². The number of hydrogen-bond donors (Lipinski definition) is 1. The summed E-state index contributed by atoms with van der Waals surface area (Å²) in [4.78, 5) is 15.8. The fourth-order valence-corrected chi connectivity index (χ4v) is 4.17. The lowest BCUT2D eigenvalue weighted by Gasteiger charge is -2.30. The van der Waals surface area contributed by atoms with Gasteiger partial charge in [0.1, 0.15) is 17.3 Å². The summed E-state index contributed by atoms with van der Waals surface area (Å²) in [6, 6.07) is 10.7. The van der Waals surface area contributed by atoms with Crippen LogP contribution in [0.3, 0.4) is 0 Å². The number of allylic oxidation sites excluding steroid dienone is 1. The number of aryl methyl sites for hydroxylation is 1. The Bertz CT molecular complexity index is 1050. The molecule has 1 aliphatic heterocycles. The molecule has 0 saturated carbocycles. The van der Waals surface area contributed by atoms with Crippen LogP contribution in [0.2, 0.25) is 5.15 Å². The van der Waals surface area contributed by atoms with Crippen molar-refractivity contribution < 1.29 is 0 Å². The van der Waals surface area contributed by atoms with Gasteiger partial charge in [0, 0.05) is 22.7 Å². The Kier molecular flexibility index (Phi) is 5.79. The molecule has 5 nitrogen and oxygen atoms in total. The van der Waals surface area contributed by atoms with E-state index in [1.165, 1.54) is 0 Å². The predicted octanol–water partition coefficient (Wildman–Crippen LogP) is 4.94. The highest BCUT2D eigenvalue weighted by Crippen LogP contribution is 2.30. The van der Waals surface area contributed by atoms with Gasteiger partial charge < -0.3 is 10.2 Å². The van der Waals surface area contributed by atoms with E-state index in [4.69, 9.17) is 11.6 Å². The number of aromatic nitrogens is 3. The van der Waals surface area contributed by atoms with Crippen molar-refractivity contribution >= 4 is 33.9 Å². The van der Waals surface area contributed by atoms with Crippen LogP contribution in [0, 0.1) is 6.92 Å². The maximum absolute atomic E-state index is 6.05. The molecule has 1 N–H and O–H groups in total. The van der Waals surface area contributed by atoms with Crippen LogP contribution in [0.4, 0.5) is 5.82 Å². The minimum Gasteiger partial charge on any atom is -0.367 e. The second-order valence-corrected chi connectivity index (χ2v) is 8.03. The van der Waals surface area contributed by atoms with Crippen LogP contribution in [0.15, 0.2) is 42.7 Å². The third-order valence-corrected chi connectivity index (χ3v) is 5.85. The topological polar surface area (TPSA) is 53.9 Å². The van der Waals surface area contributed by atoms with Gasteiger partial charge in [-0.3, -0.25) is 0 Å². The molecule has 1 saturated heterocycles. The lowest BCUT2D eigenvalue weighted by atomic mass is 9.95. The number of nitrogens with one attached hydrogen (secondary N) is 1. The van der Waals surface area contributed by atoms with E-state index < -0.39 is 0 Å². The van der Waals surface area contributed by atoms with E-state index in [2.05, 4.69) is 56.5 Å². The molecule has 1 fully saturated rings. The maximum Gasteiger partial charge on any atom is 0.137 e. The average Bonchev–Trinajstić information content (AvgIpc) is 2.72. The quantitative estimate of drug-likeness (QED) is 0.620. The van der Waals surface area contributed by atoms with Gasteiger partial charge in [-0.25, -0.2) is 15.0 Å². The number of nitrogens with zero attached hydrogens (tertiary/aromatic N) is 4. The SMILES string of the molecule is C/C=C(/c1ccc2ncnc(NC3CCN(C)CC3)c2c1)c1ccc(Cl)nc1C. The zero-order chi connectivity index (χ0) is 20.4. The molecule has 0 atom stereocenters. The first-order valence-corrected chi connectivity index (χ1v) is 10.4. The molecule has 3 aromatic rings. The van der Waals surface area contributed by atoms with Crippen molar-refractivity contribution in [2.45, 2.75) is 32.7 Å². The van der Waals surface area contributed by atoms with Crippen LogP contribution in [-0.2, 0) is 0 Å². The van der Waals surface area contributed by atoms with Crippen molar-refractivity contribution in [3.05, 3.63) is 64.7 Å². The Balaban J connectivity index is 1.71. The smallest absolute Gasteiger partial charge is 0.137 e. The number of anilines is 1. The normalized spacial score (nSPS) is 16.3. The van der Waals surface area contributed by atoms with E-state index in [1.54, 1.807) is 6.33 Å². The maximum atomic E-state index is 6.05. The molecule has 2 aromatic heterocycles. The number of hydrogen-bond acceptors (Lipinski definition) is 5. The summed E-state index contributed by atoms with van der Waals surface area (Å²) in [5, 5.41) is 5.22. The monoisotopic (exact) mass is 407 g/mol. The van der Waals surface area contributed by atoms with Crippen LogP contribution in [0.25, 0.3) is 16.5 Å². The predicted molar refractivity (Wildman–Crippen MR) is 120 cm³/mol. The summed E-state index contributed by atoms with van der Waals surface area (Å²) in [6.45, 7) is 6.25. The van der Waals surface area contributed by atoms with Gasteiger partial charge in [-0.1, -0.05) is 23.7 Å². The Morgan fingerprint density at radius 3 is 2.69 bits per heavy atom. The van der Waals surface area contributed by atoms with Gasteiger partial charge in [0.2, 0.25) is 0 Å². The van der Waals surface area contributed by atoms with Gasteiger partial charge in [0.15, 0.2) is 0 Å². The van der Waals surface area contributed by atoms with Crippen molar-refractivity contribution in [3.63, 3.8) is 0 Å². The first kappa shape index (κ1) is 19.8. The molecular weight excluding hydrogens is 382 g/mol. The second-order valence-electron chi connectivity index (χ2n) is 7.65. The lowest BCUT2D eigenvalue weighted by molar-refractivity contribution is 0.264. The van der Waals surface area contributed by atoms with Gasteiger partial charge in [0.25, 0.3) is 0 Å². The molecule has 0 amide bonds. The Morgan fingerprint density at radius 2 is 1.97 bits per heavy atom. The van der Waals surface area contributed by atoms with Crippen molar-refractivity contribution in [3.8, 4) is 0 Å². The molecule has 1 aliphatic rings. The molecule has 0 aliphatic carbocycles. The number of fused-ring (bicyclic) bond motifs is 1. The van der Waals surface area contributed by atoms with E-state index in [0.29, 0.717) is 11.2 Å². The van der Waals surface area contributed by atoms with E-state index in [9.17, 15) is 0 Å². The fraction of sp³-hybridized carbons (Fsp3) is 0.348. The number of piperidine rings is 1. The zero-order valence-electron chi connectivity index (χ0n) is 17.1. The summed E-state index contributed by atoms with van der Waals surface area (Å²) in [5.41, 5.74) is 5.19. The fourth-order valence-electron chi connectivity index (χ4n) is 3.98. The molecule has 4 rings (SSSR count). The lowest BCUT2D eigenvalue weighted by Crippen LogP contribution is -2.36. The zero-order valence-corrected chi connectivity index (χ0v) is 17.9. The van der Waals surface area contributed by atoms with E-state index >= 15 is 0 Å². The highest BCUT2D eigenvalue weighted by Gasteiger charge is 2.18. The highest BCUT2D eigenvalue weighted by molar-refractivity contribution is 6.29. The molecule has 0 spiro atoms. The summed E-state index contributed by atoms with van der Waals surface area (Å²) < 4.78 is 0. The number of halogens is 1. The molecule has 0 radical (unpaired) electrons. The molecule has 0 unspecified atom stereocenters. The molecule has 6 heteroatoms. The number of likely N-dealkylation sites (tertiary alicyclic amines) is 1. The number of pyridine rings is 1. The molecular formula is C23H26ClN5. The van der Waals surface area contributed by atoms with Crippen LogP contribution >= 0.6 is 11.6 Å². The van der Waals surface area contributed by atoms with Crippen LogP contribution in [-0.4, -0.2) is 46.0 Å².